The molecule has 6 nitrogen and oxygen atoms in total. The third kappa shape index (κ3) is 3.22. The van der Waals surface area contributed by atoms with E-state index in [0.29, 0.717) is 11.3 Å². The zero-order chi connectivity index (χ0) is 14.8. The number of sulfonamides is 1. The average molecular weight is 297 g/mol. The number of nitrogens with one attached hydrogen (secondary N) is 1. The summed E-state index contributed by atoms with van der Waals surface area (Å²) in [4.78, 5) is 3.18. The number of nitrogen functional groups attached to an aromatic ring is 1. The van der Waals surface area contributed by atoms with Crippen LogP contribution in [0.5, 0.6) is 5.75 Å². The van der Waals surface area contributed by atoms with E-state index in [1.807, 2.05) is 0 Å². The van der Waals surface area contributed by atoms with E-state index in [1.54, 1.807) is 0 Å². The normalized spacial score (nSPS) is 11.4. The molecule has 1 heterocycles. The molecule has 8 heteroatoms. The van der Waals surface area contributed by atoms with Gasteiger partial charge in [0.15, 0.2) is 0 Å². The molecule has 2 aromatic rings. The first-order valence-electron chi connectivity index (χ1n) is 5.56. The van der Waals surface area contributed by atoms with E-state index in [0.717, 1.165) is 18.5 Å². The van der Waals surface area contributed by atoms with E-state index in [2.05, 4.69) is 9.71 Å². The van der Waals surface area contributed by atoms with Gasteiger partial charge in [-0.1, -0.05) is 0 Å². The van der Waals surface area contributed by atoms with Crippen LogP contribution in [0.25, 0.3) is 0 Å². The predicted octanol–water partition coefficient (Wildman–Crippen LogP) is 0.987. The lowest BCUT2D eigenvalue weighted by molar-refractivity contribution is 0.467. The fraction of sp³-hybridized carbons (Fsp3) is 0.0833. The fourth-order valence-electron chi connectivity index (χ4n) is 1.54. The predicted molar refractivity (Wildman–Crippen MR) is 70.7 cm³/mol. The minimum atomic E-state index is -3.92. The molecule has 4 N–H and O–H groups in total. The van der Waals surface area contributed by atoms with Gasteiger partial charge >= 0.3 is 0 Å². The molecule has 0 saturated carbocycles. The van der Waals surface area contributed by atoms with Gasteiger partial charge in [0, 0.05) is 24.0 Å². The lowest BCUT2D eigenvalue weighted by Gasteiger charge is -2.08. The molecule has 0 bridgehead atoms. The number of halogens is 1. The van der Waals surface area contributed by atoms with Gasteiger partial charge in [0.25, 0.3) is 0 Å². The molecule has 1 aromatic carbocycles. The van der Waals surface area contributed by atoms with Crippen molar-refractivity contribution in [3.05, 3.63) is 48.0 Å². The number of phenols is 1. The van der Waals surface area contributed by atoms with Gasteiger partial charge < -0.3 is 10.8 Å². The van der Waals surface area contributed by atoms with Crippen LogP contribution in [0.1, 0.15) is 5.56 Å². The Morgan fingerprint density at radius 2 is 2.05 bits per heavy atom. The number of aromatic nitrogens is 1. The van der Waals surface area contributed by atoms with Crippen molar-refractivity contribution in [2.24, 2.45) is 0 Å². The summed E-state index contributed by atoms with van der Waals surface area (Å²) < 4.78 is 39.0. The molecule has 0 radical (unpaired) electrons. The van der Waals surface area contributed by atoms with Crippen LogP contribution in [0.4, 0.5) is 10.1 Å². The van der Waals surface area contributed by atoms with Crippen LogP contribution in [0.2, 0.25) is 0 Å². The molecular weight excluding hydrogens is 285 g/mol. The standard InChI is InChI=1S/C12H12FN3O3S/c13-9-4-11(7-15-6-9)20(18,19)16-5-8-3-10(14)1-2-12(8)17/h1-4,6-7,16-17H,5,14H2. The largest absolute Gasteiger partial charge is 0.508 e. The zero-order valence-electron chi connectivity index (χ0n) is 10.2. The molecule has 0 atom stereocenters. The Labute approximate surface area is 115 Å². The van der Waals surface area contributed by atoms with Crippen LogP contribution in [-0.4, -0.2) is 18.5 Å². The van der Waals surface area contributed by atoms with E-state index < -0.39 is 15.8 Å². The Balaban J connectivity index is 2.19. The van der Waals surface area contributed by atoms with Crippen molar-refractivity contribution in [1.29, 1.82) is 0 Å². The van der Waals surface area contributed by atoms with Crippen LogP contribution in [0.3, 0.4) is 0 Å². The van der Waals surface area contributed by atoms with Crippen LogP contribution in [0.15, 0.2) is 41.6 Å². The van der Waals surface area contributed by atoms with Crippen LogP contribution < -0.4 is 10.5 Å². The van der Waals surface area contributed by atoms with Crippen molar-refractivity contribution in [1.82, 2.24) is 9.71 Å². The third-order valence-corrected chi connectivity index (χ3v) is 3.91. The van der Waals surface area contributed by atoms with Gasteiger partial charge in [-0.25, -0.2) is 17.5 Å². The summed E-state index contributed by atoms with van der Waals surface area (Å²) in [6, 6.07) is 5.16. The highest BCUT2D eigenvalue weighted by Crippen LogP contribution is 2.20. The second-order valence-corrected chi connectivity index (χ2v) is 5.82. The van der Waals surface area contributed by atoms with Gasteiger partial charge in [-0.3, -0.25) is 4.98 Å². The molecule has 1 aromatic heterocycles. The summed E-state index contributed by atoms with van der Waals surface area (Å²) >= 11 is 0. The van der Waals surface area contributed by atoms with Crippen molar-refractivity contribution in [3.63, 3.8) is 0 Å². The second-order valence-electron chi connectivity index (χ2n) is 4.05. The molecule has 20 heavy (non-hydrogen) atoms. The van der Waals surface area contributed by atoms with E-state index in [9.17, 15) is 17.9 Å². The maximum absolute atomic E-state index is 13.0. The Bertz CT molecular complexity index is 734. The first kappa shape index (κ1) is 14.2. The van der Waals surface area contributed by atoms with Crippen molar-refractivity contribution >= 4 is 15.7 Å². The lowest BCUT2D eigenvalue weighted by Crippen LogP contribution is -2.23. The highest BCUT2D eigenvalue weighted by Gasteiger charge is 2.15. The molecule has 0 fully saturated rings. The summed E-state index contributed by atoms with van der Waals surface area (Å²) in [5, 5.41) is 9.58. The van der Waals surface area contributed by atoms with E-state index in [4.69, 9.17) is 5.73 Å². The molecule has 106 valence electrons. The Morgan fingerprint density at radius 3 is 2.75 bits per heavy atom. The summed E-state index contributed by atoms with van der Waals surface area (Å²) in [5.74, 6) is -0.834. The number of pyridine rings is 1. The molecule has 0 aliphatic heterocycles. The lowest BCUT2D eigenvalue weighted by atomic mass is 10.2. The molecule has 0 unspecified atom stereocenters. The second kappa shape index (κ2) is 5.43. The number of nitrogens with two attached hydrogens (primary N) is 1. The molecule has 0 aliphatic carbocycles. The van der Waals surface area contributed by atoms with E-state index >= 15 is 0 Å². The van der Waals surface area contributed by atoms with Gasteiger partial charge in [-0.05, 0) is 24.3 Å². The van der Waals surface area contributed by atoms with Crippen molar-refractivity contribution in [3.8, 4) is 5.75 Å². The van der Waals surface area contributed by atoms with Crippen LogP contribution in [0, 0.1) is 5.82 Å². The highest BCUT2D eigenvalue weighted by molar-refractivity contribution is 7.89. The fourth-order valence-corrected chi connectivity index (χ4v) is 2.52. The Kier molecular flexibility index (Phi) is 3.86. The number of aromatic hydroxyl groups is 1. The number of anilines is 1. The molecule has 0 amide bonds. The number of nitrogens with zero attached hydrogens (tertiary/aromatic N) is 1. The average Bonchev–Trinajstić information content (AvgIpc) is 2.40. The van der Waals surface area contributed by atoms with Crippen LogP contribution >= 0.6 is 0 Å². The molecule has 2 rings (SSSR count). The molecule has 0 spiro atoms. The van der Waals surface area contributed by atoms with Crippen molar-refractivity contribution in [2.45, 2.75) is 11.4 Å². The molecular formula is C12H12FN3O3S. The topological polar surface area (TPSA) is 105 Å². The summed E-state index contributed by atoms with van der Waals surface area (Å²) in [7, 11) is -3.92. The molecule has 0 saturated heterocycles. The summed E-state index contributed by atoms with van der Waals surface area (Å²) in [6.45, 7) is -0.171. The van der Waals surface area contributed by atoms with Crippen molar-refractivity contribution in [2.75, 3.05) is 5.73 Å². The maximum Gasteiger partial charge on any atom is 0.242 e. The maximum atomic E-state index is 13.0. The number of rotatable bonds is 4. The number of hydrogen-bond donors (Lipinski definition) is 3. The first-order chi connectivity index (χ1) is 9.38. The smallest absolute Gasteiger partial charge is 0.242 e. The SMILES string of the molecule is Nc1ccc(O)c(CNS(=O)(=O)c2cncc(F)c2)c1. The van der Waals surface area contributed by atoms with Gasteiger partial charge in [-0.15, -0.1) is 0 Å². The van der Waals surface area contributed by atoms with Gasteiger partial charge in [0.2, 0.25) is 10.0 Å². The number of hydrogen-bond acceptors (Lipinski definition) is 5. The quantitative estimate of drug-likeness (QED) is 0.576. The Hall–Kier alpha value is -2.19. The minimum Gasteiger partial charge on any atom is -0.508 e. The van der Waals surface area contributed by atoms with E-state index in [1.165, 1.54) is 18.2 Å². The third-order valence-electron chi connectivity index (χ3n) is 2.55. The van der Waals surface area contributed by atoms with Gasteiger partial charge in [-0.2, -0.15) is 0 Å². The highest BCUT2D eigenvalue weighted by atomic mass is 32.2. The van der Waals surface area contributed by atoms with Gasteiger partial charge in [0.1, 0.15) is 16.5 Å². The summed E-state index contributed by atoms with van der Waals surface area (Å²) in [5.41, 5.74) is 6.26. The van der Waals surface area contributed by atoms with Crippen molar-refractivity contribution < 1.29 is 17.9 Å². The van der Waals surface area contributed by atoms with Gasteiger partial charge in [0.05, 0.1) is 6.20 Å². The zero-order valence-corrected chi connectivity index (χ0v) is 11.1. The summed E-state index contributed by atoms with van der Waals surface area (Å²) in [6.07, 6.45) is 1.94. The Morgan fingerprint density at radius 1 is 1.30 bits per heavy atom. The van der Waals surface area contributed by atoms with E-state index in [-0.39, 0.29) is 17.2 Å². The minimum absolute atomic E-state index is 0.0840. The molecule has 0 aliphatic rings. The number of phenolic OH excluding ortho intramolecular Hbond substituents is 1. The monoisotopic (exact) mass is 297 g/mol. The number of benzene rings is 1. The first-order valence-corrected chi connectivity index (χ1v) is 7.04. The van der Waals surface area contributed by atoms with Crippen LogP contribution in [-0.2, 0) is 16.6 Å².